The van der Waals surface area contributed by atoms with E-state index in [0.29, 0.717) is 33.4 Å². The fourth-order valence-corrected chi connectivity index (χ4v) is 3.63. The van der Waals surface area contributed by atoms with E-state index in [-0.39, 0.29) is 0 Å². The Morgan fingerprint density at radius 3 is 2.74 bits per heavy atom. The first-order chi connectivity index (χ1) is 15.1. The van der Waals surface area contributed by atoms with Gasteiger partial charge in [-0.15, -0.1) is 11.3 Å². The van der Waals surface area contributed by atoms with E-state index in [4.69, 9.17) is 14.2 Å². The van der Waals surface area contributed by atoms with Crippen molar-refractivity contribution in [2.24, 2.45) is 0 Å². The highest BCUT2D eigenvalue weighted by atomic mass is 32.1. The number of aromatic amines is 1. The van der Waals surface area contributed by atoms with Gasteiger partial charge in [0.15, 0.2) is 23.2 Å². The monoisotopic (exact) mass is 438 g/mol. The number of benzene rings is 2. The van der Waals surface area contributed by atoms with Crippen molar-refractivity contribution in [1.29, 1.82) is 0 Å². The number of thiazole rings is 1. The maximum absolute atomic E-state index is 12.2. The summed E-state index contributed by atoms with van der Waals surface area (Å²) in [5, 5.41) is 4.84. The van der Waals surface area contributed by atoms with Gasteiger partial charge in [-0.05, 0) is 36.4 Å². The van der Waals surface area contributed by atoms with E-state index >= 15 is 0 Å². The van der Waals surface area contributed by atoms with Crippen LogP contribution in [0, 0.1) is 0 Å². The van der Waals surface area contributed by atoms with Crippen molar-refractivity contribution in [2.75, 3.05) is 26.1 Å². The summed E-state index contributed by atoms with van der Waals surface area (Å²) in [6.07, 6.45) is 1.54. The van der Waals surface area contributed by atoms with E-state index < -0.39 is 18.5 Å². The van der Waals surface area contributed by atoms with Gasteiger partial charge in [-0.1, -0.05) is 0 Å². The number of anilines is 1. The zero-order valence-electron chi connectivity index (χ0n) is 16.7. The van der Waals surface area contributed by atoms with E-state index in [1.54, 1.807) is 44.6 Å². The SMILES string of the molecule is COc1ccc(-c2csc(NC(=O)COC(=O)c3ccc4nc[nH]c4c3)n2)cc1OC. The Bertz CT molecular complexity index is 1250. The van der Waals surface area contributed by atoms with Crippen LogP contribution in [-0.2, 0) is 9.53 Å². The zero-order valence-corrected chi connectivity index (χ0v) is 17.5. The second kappa shape index (κ2) is 8.84. The number of hydrogen-bond donors (Lipinski definition) is 2. The summed E-state index contributed by atoms with van der Waals surface area (Å²) < 4.78 is 15.6. The maximum Gasteiger partial charge on any atom is 0.338 e. The highest BCUT2D eigenvalue weighted by Crippen LogP contribution is 2.33. The predicted molar refractivity (Wildman–Crippen MR) is 116 cm³/mol. The maximum atomic E-state index is 12.2. The summed E-state index contributed by atoms with van der Waals surface area (Å²) in [7, 11) is 3.12. The summed E-state index contributed by atoms with van der Waals surface area (Å²) in [6, 6.07) is 10.4. The van der Waals surface area contributed by atoms with Gasteiger partial charge in [-0.25, -0.2) is 14.8 Å². The Morgan fingerprint density at radius 1 is 1.10 bits per heavy atom. The fourth-order valence-electron chi connectivity index (χ4n) is 2.89. The molecule has 0 saturated heterocycles. The number of hydrogen-bond acceptors (Lipinski definition) is 8. The molecule has 0 bridgehead atoms. The third kappa shape index (κ3) is 4.48. The van der Waals surface area contributed by atoms with Crippen molar-refractivity contribution < 1.29 is 23.8 Å². The highest BCUT2D eigenvalue weighted by Gasteiger charge is 2.14. The lowest BCUT2D eigenvalue weighted by Crippen LogP contribution is -2.20. The Balaban J connectivity index is 1.36. The molecule has 4 rings (SSSR count). The van der Waals surface area contributed by atoms with E-state index in [1.807, 2.05) is 11.4 Å². The van der Waals surface area contributed by atoms with Crippen LogP contribution in [-0.4, -0.2) is 47.7 Å². The first kappa shape index (κ1) is 20.4. The van der Waals surface area contributed by atoms with Crippen LogP contribution in [0.15, 0.2) is 48.1 Å². The van der Waals surface area contributed by atoms with Gasteiger partial charge < -0.3 is 19.2 Å². The molecule has 0 aliphatic heterocycles. The molecule has 0 spiro atoms. The zero-order chi connectivity index (χ0) is 21.8. The topological polar surface area (TPSA) is 115 Å². The number of aromatic nitrogens is 3. The number of carbonyl (C=O) groups excluding carboxylic acids is 2. The minimum Gasteiger partial charge on any atom is -0.493 e. The number of methoxy groups -OCH3 is 2. The minimum absolute atomic E-state index is 0.328. The van der Waals surface area contributed by atoms with Crippen LogP contribution in [0.4, 0.5) is 5.13 Å². The smallest absolute Gasteiger partial charge is 0.338 e. The first-order valence-corrected chi connectivity index (χ1v) is 10.0. The Kier molecular flexibility index (Phi) is 5.80. The largest absolute Gasteiger partial charge is 0.493 e. The summed E-state index contributed by atoms with van der Waals surface area (Å²) in [4.78, 5) is 35.8. The molecule has 158 valence electrons. The number of fused-ring (bicyclic) bond motifs is 1. The molecule has 2 heterocycles. The van der Waals surface area contributed by atoms with Crippen molar-refractivity contribution >= 4 is 39.4 Å². The number of carbonyl (C=O) groups is 2. The number of H-pyrrole nitrogens is 1. The van der Waals surface area contributed by atoms with Crippen LogP contribution in [0.1, 0.15) is 10.4 Å². The van der Waals surface area contributed by atoms with Crippen LogP contribution >= 0.6 is 11.3 Å². The van der Waals surface area contributed by atoms with E-state index in [2.05, 4.69) is 20.3 Å². The van der Waals surface area contributed by atoms with Gasteiger partial charge in [-0.3, -0.25) is 10.1 Å². The molecule has 0 saturated carbocycles. The van der Waals surface area contributed by atoms with Gasteiger partial charge >= 0.3 is 5.97 Å². The average Bonchev–Trinajstić information content (AvgIpc) is 3.45. The molecule has 0 fully saturated rings. The number of ether oxygens (including phenoxy) is 3. The Hall–Kier alpha value is -3.92. The molecule has 9 nitrogen and oxygen atoms in total. The summed E-state index contributed by atoms with van der Waals surface area (Å²) >= 11 is 1.26. The molecule has 0 aliphatic carbocycles. The van der Waals surface area contributed by atoms with Crippen LogP contribution < -0.4 is 14.8 Å². The summed E-state index contributed by atoms with van der Waals surface area (Å²) in [6.45, 7) is -0.425. The molecule has 4 aromatic rings. The van der Waals surface area contributed by atoms with Gasteiger partial charge in [0.25, 0.3) is 5.91 Å². The number of esters is 1. The molecule has 0 atom stereocenters. The third-order valence-corrected chi connectivity index (χ3v) is 5.18. The van der Waals surface area contributed by atoms with Gasteiger partial charge in [-0.2, -0.15) is 0 Å². The van der Waals surface area contributed by atoms with Crippen molar-refractivity contribution in [2.45, 2.75) is 0 Å². The first-order valence-electron chi connectivity index (χ1n) is 9.15. The second-order valence-electron chi connectivity index (χ2n) is 6.37. The lowest BCUT2D eigenvalue weighted by Gasteiger charge is -2.08. The van der Waals surface area contributed by atoms with Crippen molar-refractivity contribution in [3.63, 3.8) is 0 Å². The van der Waals surface area contributed by atoms with Gasteiger partial charge in [0.05, 0.1) is 42.8 Å². The summed E-state index contributed by atoms with van der Waals surface area (Å²) in [5.41, 5.74) is 3.27. The number of rotatable bonds is 7. The normalized spacial score (nSPS) is 10.6. The number of amides is 1. The Morgan fingerprint density at radius 2 is 1.94 bits per heavy atom. The Labute approximate surface area is 181 Å². The van der Waals surface area contributed by atoms with Crippen molar-refractivity contribution in [3.05, 3.63) is 53.7 Å². The minimum atomic E-state index is -0.600. The van der Waals surface area contributed by atoms with E-state index in [1.165, 1.54) is 17.7 Å². The molecular formula is C21H18N4O5S. The van der Waals surface area contributed by atoms with E-state index in [9.17, 15) is 9.59 Å². The van der Waals surface area contributed by atoms with Gasteiger partial charge in [0, 0.05) is 10.9 Å². The molecule has 10 heteroatoms. The predicted octanol–water partition coefficient (Wildman–Crippen LogP) is 3.50. The standard InChI is InChI=1S/C21H18N4O5S/c1-28-17-6-4-12(8-18(17)29-2)16-10-31-21(24-16)25-19(26)9-30-20(27)13-3-5-14-15(7-13)23-11-22-14/h3-8,10-11H,9H2,1-2H3,(H,22,23)(H,24,25,26). The molecule has 1 amide bonds. The molecular weight excluding hydrogens is 420 g/mol. The van der Waals surface area contributed by atoms with Gasteiger partial charge in [0.1, 0.15) is 0 Å². The highest BCUT2D eigenvalue weighted by molar-refractivity contribution is 7.14. The van der Waals surface area contributed by atoms with Crippen molar-refractivity contribution in [1.82, 2.24) is 15.0 Å². The van der Waals surface area contributed by atoms with Crippen LogP contribution in [0.25, 0.3) is 22.3 Å². The average molecular weight is 438 g/mol. The molecule has 31 heavy (non-hydrogen) atoms. The van der Waals surface area contributed by atoms with Crippen molar-refractivity contribution in [3.8, 4) is 22.8 Å². The molecule has 2 N–H and O–H groups in total. The van der Waals surface area contributed by atoms with E-state index in [0.717, 1.165) is 11.1 Å². The molecule has 0 unspecified atom stereocenters. The molecule has 2 aromatic heterocycles. The molecule has 0 radical (unpaired) electrons. The van der Waals surface area contributed by atoms with Crippen LogP contribution in [0.2, 0.25) is 0 Å². The van der Waals surface area contributed by atoms with Gasteiger partial charge in [0.2, 0.25) is 0 Å². The third-order valence-electron chi connectivity index (χ3n) is 4.42. The summed E-state index contributed by atoms with van der Waals surface area (Å²) in [5.74, 6) is 0.114. The molecule has 0 aliphatic rings. The molecule has 2 aromatic carbocycles. The second-order valence-corrected chi connectivity index (χ2v) is 7.22. The number of imidazole rings is 1. The number of nitrogens with zero attached hydrogens (tertiary/aromatic N) is 2. The number of nitrogens with one attached hydrogen (secondary N) is 2. The lowest BCUT2D eigenvalue weighted by atomic mass is 10.1. The van der Waals surface area contributed by atoms with Crippen LogP contribution in [0.3, 0.4) is 0 Å². The quantitative estimate of drug-likeness (QED) is 0.424. The fraction of sp³-hybridized carbons (Fsp3) is 0.143. The van der Waals surface area contributed by atoms with Crippen LogP contribution in [0.5, 0.6) is 11.5 Å². The lowest BCUT2D eigenvalue weighted by molar-refractivity contribution is -0.119.